The Kier molecular flexibility index (Phi) is 5.13. The average Bonchev–Trinajstić information content (AvgIpc) is 3.42. The maximum absolute atomic E-state index is 14.0. The van der Waals surface area contributed by atoms with Crippen molar-refractivity contribution in [2.45, 2.75) is 39.3 Å². The maximum atomic E-state index is 14.0. The van der Waals surface area contributed by atoms with E-state index >= 15 is 0 Å². The topological polar surface area (TPSA) is 118 Å². The number of phenols is 1. The molecule has 8 nitrogen and oxygen atoms in total. The molecule has 4 N–H and O–H groups in total. The van der Waals surface area contributed by atoms with Gasteiger partial charge < -0.3 is 15.2 Å². The number of aromatic amines is 2. The molecule has 1 aliphatic heterocycles. The molecule has 3 heterocycles. The van der Waals surface area contributed by atoms with Crippen LogP contribution in [0.1, 0.15) is 30.8 Å². The van der Waals surface area contributed by atoms with E-state index in [1.54, 1.807) is 0 Å². The Bertz CT molecular complexity index is 1380. The summed E-state index contributed by atoms with van der Waals surface area (Å²) in [6.07, 6.45) is 0.993. The third-order valence-electron chi connectivity index (χ3n) is 6.40. The summed E-state index contributed by atoms with van der Waals surface area (Å²) in [5, 5.41) is 27.6. The average molecular weight is 449 g/mol. The Labute approximate surface area is 189 Å². The fourth-order valence-corrected chi connectivity index (χ4v) is 4.59. The van der Waals surface area contributed by atoms with Gasteiger partial charge in [-0.25, -0.2) is 9.37 Å². The molecule has 4 aromatic rings. The van der Waals surface area contributed by atoms with Crippen molar-refractivity contribution in [3.63, 3.8) is 0 Å². The molecular formula is C24H24FN5O3. The van der Waals surface area contributed by atoms with E-state index < -0.39 is 17.8 Å². The van der Waals surface area contributed by atoms with Crippen LogP contribution in [0.2, 0.25) is 0 Å². The Morgan fingerprint density at radius 3 is 2.82 bits per heavy atom. The number of H-pyrrole nitrogens is 2. The largest absolute Gasteiger partial charge is 0.505 e. The molecule has 170 valence electrons. The first-order valence-corrected chi connectivity index (χ1v) is 10.9. The summed E-state index contributed by atoms with van der Waals surface area (Å²) in [6.45, 7) is 5.03. The predicted molar refractivity (Wildman–Crippen MR) is 121 cm³/mol. The Hall–Kier alpha value is -3.72. The SMILES string of the molecule is CCc1cc(O)c(F)cc1-c1ccc2c(-c3nc4c([nH]3)CN(CC)C(C(=O)O)C4)n[nH]c2c1. The zero-order valence-corrected chi connectivity index (χ0v) is 18.3. The van der Waals surface area contributed by atoms with E-state index in [9.17, 15) is 19.4 Å². The van der Waals surface area contributed by atoms with Crippen molar-refractivity contribution in [3.8, 4) is 28.4 Å². The minimum absolute atomic E-state index is 0.341. The van der Waals surface area contributed by atoms with Crippen LogP contribution in [0.5, 0.6) is 5.75 Å². The molecule has 33 heavy (non-hydrogen) atoms. The highest BCUT2D eigenvalue weighted by molar-refractivity contribution is 5.94. The number of carbonyl (C=O) groups is 1. The minimum Gasteiger partial charge on any atom is -0.505 e. The number of aryl methyl sites for hydroxylation is 1. The number of imidazole rings is 1. The molecule has 5 rings (SSSR count). The molecule has 1 aliphatic rings. The lowest BCUT2D eigenvalue weighted by Gasteiger charge is -2.30. The van der Waals surface area contributed by atoms with Crippen LogP contribution in [-0.4, -0.2) is 53.8 Å². The lowest BCUT2D eigenvalue weighted by molar-refractivity contribution is -0.143. The highest BCUT2D eigenvalue weighted by Crippen LogP contribution is 2.34. The van der Waals surface area contributed by atoms with Gasteiger partial charge in [0, 0.05) is 18.4 Å². The summed E-state index contributed by atoms with van der Waals surface area (Å²) in [4.78, 5) is 21.5. The van der Waals surface area contributed by atoms with Crippen LogP contribution < -0.4 is 0 Å². The van der Waals surface area contributed by atoms with Crippen LogP contribution in [0.25, 0.3) is 33.5 Å². The zero-order valence-electron chi connectivity index (χ0n) is 18.3. The molecule has 9 heteroatoms. The van der Waals surface area contributed by atoms with E-state index in [1.165, 1.54) is 12.1 Å². The molecular weight excluding hydrogens is 425 g/mol. The van der Waals surface area contributed by atoms with E-state index in [0.717, 1.165) is 39.0 Å². The van der Waals surface area contributed by atoms with Crippen LogP contribution in [0.3, 0.4) is 0 Å². The van der Waals surface area contributed by atoms with E-state index in [-0.39, 0.29) is 5.75 Å². The summed E-state index contributed by atoms with van der Waals surface area (Å²) >= 11 is 0. The number of likely N-dealkylation sites (N-methyl/N-ethyl adjacent to an activating group) is 1. The molecule has 1 unspecified atom stereocenters. The number of hydrogen-bond donors (Lipinski definition) is 4. The fourth-order valence-electron chi connectivity index (χ4n) is 4.59. The molecule has 0 aliphatic carbocycles. The maximum Gasteiger partial charge on any atom is 0.321 e. The number of aromatic hydroxyl groups is 1. The number of nitrogens with zero attached hydrogens (tertiary/aromatic N) is 3. The van der Waals surface area contributed by atoms with E-state index in [0.29, 0.717) is 37.4 Å². The summed E-state index contributed by atoms with van der Waals surface area (Å²) in [7, 11) is 0. The summed E-state index contributed by atoms with van der Waals surface area (Å²) < 4.78 is 14.0. The molecule has 0 radical (unpaired) electrons. The highest BCUT2D eigenvalue weighted by Gasteiger charge is 2.33. The number of nitrogens with one attached hydrogen (secondary N) is 2. The number of carboxylic acid groups (broad SMARTS) is 1. The van der Waals surface area contributed by atoms with Crippen molar-refractivity contribution in [2.24, 2.45) is 0 Å². The normalized spacial score (nSPS) is 16.3. The number of fused-ring (bicyclic) bond motifs is 2. The first-order valence-electron chi connectivity index (χ1n) is 10.9. The standard InChI is InChI=1S/C24H24FN5O3/c1-3-12-8-21(31)16(25)9-15(12)13-5-6-14-17(7-13)28-29-22(14)23-26-18-10-20(24(32)33)30(4-2)11-19(18)27-23/h5-9,20,31H,3-4,10-11H2,1-2H3,(H,26,27)(H,28,29)(H,32,33). The van der Waals surface area contributed by atoms with Crippen molar-refractivity contribution in [1.29, 1.82) is 0 Å². The van der Waals surface area contributed by atoms with Crippen molar-refractivity contribution in [3.05, 3.63) is 53.1 Å². The molecule has 0 amide bonds. The smallest absolute Gasteiger partial charge is 0.321 e. The van der Waals surface area contributed by atoms with Crippen molar-refractivity contribution in [2.75, 3.05) is 6.54 Å². The number of hydrogen-bond acceptors (Lipinski definition) is 5. The highest BCUT2D eigenvalue weighted by atomic mass is 19.1. The van der Waals surface area contributed by atoms with Gasteiger partial charge in [-0.3, -0.25) is 14.8 Å². The number of phenolic OH excluding ortho intramolecular Hbond substituents is 1. The molecule has 0 saturated carbocycles. The number of carboxylic acids is 1. The molecule has 0 spiro atoms. The van der Waals surface area contributed by atoms with Gasteiger partial charge >= 0.3 is 5.97 Å². The van der Waals surface area contributed by atoms with Crippen LogP contribution in [-0.2, 0) is 24.2 Å². The number of halogens is 1. The van der Waals surface area contributed by atoms with Gasteiger partial charge in [-0.2, -0.15) is 5.10 Å². The van der Waals surface area contributed by atoms with E-state index in [2.05, 4.69) is 20.2 Å². The fraction of sp³-hybridized carbons (Fsp3) is 0.292. The first kappa shape index (κ1) is 21.1. The van der Waals surface area contributed by atoms with Gasteiger partial charge in [0.25, 0.3) is 0 Å². The van der Waals surface area contributed by atoms with E-state index in [1.807, 2.05) is 36.9 Å². The van der Waals surface area contributed by atoms with Crippen LogP contribution >= 0.6 is 0 Å². The summed E-state index contributed by atoms with van der Waals surface area (Å²) in [6, 6.07) is 7.94. The lowest BCUT2D eigenvalue weighted by atomic mass is 9.96. The van der Waals surface area contributed by atoms with Gasteiger partial charge in [0.2, 0.25) is 0 Å². The van der Waals surface area contributed by atoms with E-state index in [4.69, 9.17) is 0 Å². The van der Waals surface area contributed by atoms with Gasteiger partial charge in [0.1, 0.15) is 11.7 Å². The second kappa shape index (κ2) is 8.00. The van der Waals surface area contributed by atoms with Gasteiger partial charge in [0.15, 0.2) is 17.4 Å². The zero-order chi connectivity index (χ0) is 23.3. The Morgan fingerprint density at radius 1 is 1.27 bits per heavy atom. The third kappa shape index (κ3) is 3.54. The molecule has 2 aromatic carbocycles. The second-order valence-electron chi connectivity index (χ2n) is 8.28. The van der Waals surface area contributed by atoms with Crippen LogP contribution in [0, 0.1) is 5.82 Å². The quantitative estimate of drug-likeness (QED) is 0.368. The number of aliphatic carboxylic acids is 1. The second-order valence-corrected chi connectivity index (χ2v) is 8.28. The monoisotopic (exact) mass is 449 g/mol. The minimum atomic E-state index is -0.845. The number of benzene rings is 2. The van der Waals surface area contributed by atoms with Gasteiger partial charge in [-0.15, -0.1) is 0 Å². The summed E-state index contributed by atoms with van der Waals surface area (Å²) in [5.74, 6) is -1.27. The van der Waals surface area contributed by atoms with Gasteiger partial charge in [0.05, 0.1) is 16.9 Å². The Morgan fingerprint density at radius 2 is 2.09 bits per heavy atom. The molecule has 1 atom stereocenters. The molecule has 0 fully saturated rings. The van der Waals surface area contributed by atoms with Crippen LogP contribution in [0.4, 0.5) is 4.39 Å². The third-order valence-corrected chi connectivity index (χ3v) is 6.40. The van der Waals surface area contributed by atoms with Gasteiger partial charge in [-0.05, 0) is 53.9 Å². The number of aromatic nitrogens is 4. The molecule has 2 aromatic heterocycles. The molecule has 0 bridgehead atoms. The lowest BCUT2D eigenvalue weighted by Crippen LogP contribution is -2.45. The number of rotatable bonds is 5. The summed E-state index contributed by atoms with van der Waals surface area (Å²) in [5.41, 5.74) is 5.46. The first-order chi connectivity index (χ1) is 15.9. The van der Waals surface area contributed by atoms with Crippen molar-refractivity contribution < 1.29 is 19.4 Å². The van der Waals surface area contributed by atoms with Gasteiger partial charge in [-0.1, -0.05) is 19.9 Å². The van der Waals surface area contributed by atoms with Crippen LogP contribution in [0.15, 0.2) is 30.3 Å². The molecule has 0 saturated heterocycles. The van der Waals surface area contributed by atoms with Crippen molar-refractivity contribution in [1.82, 2.24) is 25.1 Å². The Balaban J connectivity index is 1.53. The van der Waals surface area contributed by atoms with Crippen molar-refractivity contribution >= 4 is 16.9 Å². The predicted octanol–water partition coefficient (Wildman–Crippen LogP) is 3.86.